The predicted octanol–water partition coefficient (Wildman–Crippen LogP) is 4.36. The van der Waals surface area contributed by atoms with Gasteiger partial charge in [0, 0.05) is 29.4 Å². The number of nitrogens with zero attached hydrogens (tertiary/aromatic N) is 3. The van der Waals surface area contributed by atoms with Crippen molar-refractivity contribution >= 4 is 13.9 Å². The number of benzene rings is 1. The fourth-order valence-electron chi connectivity index (χ4n) is 2.83. The Hall–Kier alpha value is -3.17. The topological polar surface area (TPSA) is 73.8 Å². The van der Waals surface area contributed by atoms with E-state index >= 15 is 0 Å². The fraction of sp³-hybridized carbons (Fsp3) is 0.261. The molecule has 0 fully saturated rings. The van der Waals surface area contributed by atoms with E-state index in [0.717, 1.165) is 11.1 Å². The van der Waals surface area contributed by atoms with E-state index in [2.05, 4.69) is 36.1 Å². The highest BCUT2D eigenvalue weighted by Gasteiger charge is 2.17. The van der Waals surface area contributed by atoms with Crippen molar-refractivity contribution in [2.45, 2.75) is 39.5 Å². The Labute approximate surface area is 172 Å². The Bertz CT molecular complexity index is 1150. The van der Waals surface area contributed by atoms with Gasteiger partial charge >= 0.3 is 0 Å². The van der Waals surface area contributed by atoms with Crippen LogP contribution in [0.2, 0.25) is 19.6 Å². The molecule has 0 saturated heterocycles. The zero-order chi connectivity index (χ0) is 21.2. The molecule has 3 aromatic rings. The summed E-state index contributed by atoms with van der Waals surface area (Å²) < 4.78 is 1.69. The van der Waals surface area contributed by atoms with Crippen molar-refractivity contribution in [3.8, 4) is 34.0 Å². The van der Waals surface area contributed by atoms with Crippen LogP contribution in [-0.2, 0) is 0 Å². The van der Waals surface area contributed by atoms with Crippen molar-refractivity contribution in [2.75, 3.05) is 5.73 Å². The predicted molar refractivity (Wildman–Crippen MR) is 122 cm³/mol. The average molecular weight is 403 g/mol. The first-order chi connectivity index (χ1) is 13.7. The van der Waals surface area contributed by atoms with Gasteiger partial charge in [0.05, 0.1) is 11.4 Å². The van der Waals surface area contributed by atoms with Gasteiger partial charge in [0.25, 0.3) is 5.56 Å². The van der Waals surface area contributed by atoms with Gasteiger partial charge in [-0.1, -0.05) is 55.9 Å². The molecule has 0 radical (unpaired) electrons. The molecule has 0 spiro atoms. The summed E-state index contributed by atoms with van der Waals surface area (Å²) >= 11 is 0. The second-order valence-electron chi connectivity index (χ2n) is 8.28. The van der Waals surface area contributed by atoms with Gasteiger partial charge in [-0.3, -0.25) is 4.79 Å². The largest absolute Gasteiger partial charge is 0.381 e. The first kappa shape index (κ1) is 20.6. The fourth-order valence-corrected chi connectivity index (χ4v) is 3.33. The third-order valence-corrected chi connectivity index (χ3v) is 5.17. The highest BCUT2D eigenvalue weighted by Crippen LogP contribution is 2.30. The molecule has 29 heavy (non-hydrogen) atoms. The Morgan fingerprint density at radius 2 is 1.62 bits per heavy atom. The second kappa shape index (κ2) is 8.06. The Balaban J connectivity index is 2.28. The van der Waals surface area contributed by atoms with E-state index in [1.165, 1.54) is 0 Å². The maximum Gasteiger partial charge on any atom is 0.250 e. The summed E-state index contributed by atoms with van der Waals surface area (Å²) in [6.07, 6.45) is 1.83. The van der Waals surface area contributed by atoms with Gasteiger partial charge in [0.1, 0.15) is 8.07 Å². The van der Waals surface area contributed by atoms with Gasteiger partial charge in [-0.2, -0.15) is 0 Å². The highest BCUT2D eigenvalue weighted by atomic mass is 28.3. The second-order valence-corrected chi connectivity index (χ2v) is 13.0. The summed E-state index contributed by atoms with van der Waals surface area (Å²) in [4.78, 5) is 21.7. The number of hydrogen-bond acceptors (Lipinski definition) is 4. The van der Waals surface area contributed by atoms with E-state index < -0.39 is 8.07 Å². The highest BCUT2D eigenvalue weighted by molar-refractivity contribution is 6.83. The number of hydrogen-bond donors (Lipinski definition) is 1. The summed E-state index contributed by atoms with van der Waals surface area (Å²) in [6, 6.07) is 13.2. The maximum absolute atomic E-state index is 12.2. The normalized spacial score (nSPS) is 11.2. The molecule has 0 aliphatic heterocycles. The van der Waals surface area contributed by atoms with Gasteiger partial charge in [0.15, 0.2) is 11.5 Å². The van der Waals surface area contributed by atoms with Crippen LogP contribution < -0.4 is 11.3 Å². The molecule has 148 valence electrons. The van der Waals surface area contributed by atoms with Crippen LogP contribution in [0.1, 0.15) is 25.6 Å². The Morgan fingerprint density at radius 1 is 0.966 bits per heavy atom. The van der Waals surface area contributed by atoms with Crippen LogP contribution in [0.5, 0.6) is 0 Å². The number of nitrogen functional groups attached to an aromatic ring is 1. The van der Waals surface area contributed by atoms with Crippen LogP contribution in [0.15, 0.2) is 53.5 Å². The van der Waals surface area contributed by atoms with Crippen molar-refractivity contribution in [1.29, 1.82) is 0 Å². The van der Waals surface area contributed by atoms with Gasteiger partial charge in [0.2, 0.25) is 0 Å². The van der Waals surface area contributed by atoms with Crippen LogP contribution in [0.3, 0.4) is 0 Å². The lowest BCUT2D eigenvalue weighted by atomic mass is 10.0. The van der Waals surface area contributed by atoms with Crippen molar-refractivity contribution < 1.29 is 0 Å². The van der Waals surface area contributed by atoms with Crippen LogP contribution in [0.25, 0.3) is 22.5 Å². The minimum atomic E-state index is -1.60. The van der Waals surface area contributed by atoms with E-state index in [1.807, 2.05) is 50.4 Å². The molecular formula is C23H26N4OSi. The molecule has 0 atom stereocenters. The number of anilines is 1. The molecular weight excluding hydrogens is 376 g/mol. The van der Waals surface area contributed by atoms with Gasteiger partial charge in [-0.25, -0.2) is 9.97 Å². The Kier molecular flexibility index (Phi) is 5.71. The zero-order valence-corrected chi connectivity index (χ0v) is 18.5. The lowest BCUT2D eigenvalue weighted by Crippen LogP contribution is -2.20. The van der Waals surface area contributed by atoms with E-state index in [0.29, 0.717) is 22.9 Å². The number of nitrogens with two attached hydrogens (primary N) is 1. The van der Waals surface area contributed by atoms with E-state index in [-0.39, 0.29) is 11.6 Å². The molecule has 2 heterocycles. The third-order valence-electron chi connectivity index (χ3n) is 4.29. The molecule has 6 heteroatoms. The summed E-state index contributed by atoms with van der Waals surface area (Å²) in [7, 11) is -1.60. The number of aromatic nitrogens is 3. The zero-order valence-electron chi connectivity index (χ0n) is 17.5. The minimum Gasteiger partial charge on any atom is -0.381 e. The molecule has 0 saturated carbocycles. The molecule has 5 nitrogen and oxygen atoms in total. The van der Waals surface area contributed by atoms with Gasteiger partial charge in [-0.05, 0) is 19.9 Å². The molecule has 0 amide bonds. The average Bonchev–Trinajstić information content (AvgIpc) is 2.67. The van der Waals surface area contributed by atoms with Crippen molar-refractivity contribution in [3.05, 3.63) is 64.7 Å². The molecule has 2 N–H and O–H groups in total. The van der Waals surface area contributed by atoms with Crippen molar-refractivity contribution in [1.82, 2.24) is 14.5 Å². The summed E-state index contributed by atoms with van der Waals surface area (Å²) in [5.41, 5.74) is 13.0. The first-order valence-electron chi connectivity index (χ1n) is 9.64. The van der Waals surface area contributed by atoms with E-state index in [4.69, 9.17) is 10.7 Å². The summed E-state index contributed by atoms with van der Waals surface area (Å²) in [5.74, 6) is 3.45. The van der Waals surface area contributed by atoms with Crippen molar-refractivity contribution in [3.63, 3.8) is 0 Å². The monoisotopic (exact) mass is 402 g/mol. The lowest BCUT2D eigenvalue weighted by Gasteiger charge is -2.14. The molecule has 1 aromatic carbocycles. The number of pyridine rings is 1. The minimum absolute atomic E-state index is 0.0375. The molecule has 0 unspecified atom stereocenters. The van der Waals surface area contributed by atoms with Gasteiger partial charge < -0.3 is 10.3 Å². The third kappa shape index (κ3) is 4.82. The van der Waals surface area contributed by atoms with Crippen LogP contribution >= 0.6 is 0 Å². The quantitative estimate of drug-likeness (QED) is 0.522. The summed E-state index contributed by atoms with van der Waals surface area (Å²) in [6.45, 7) is 10.5. The first-order valence-corrected chi connectivity index (χ1v) is 13.1. The Morgan fingerprint density at radius 3 is 2.24 bits per heavy atom. The number of rotatable bonds is 3. The molecule has 3 rings (SSSR count). The van der Waals surface area contributed by atoms with Gasteiger partial charge in [-0.15, -0.1) is 5.54 Å². The van der Waals surface area contributed by atoms with Crippen molar-refractivity contribution in [2.24, 2.45) is 0 Å². The van der Waals surface area contributed by atoms with E-state index in [9.17, 15) is 4.79 Å². The smallest absolute Gasteiger partial charge is 0.250 e. The molecule has 2 aromatic heterocycles. The van der Waals surface area contributed by atoms with Crippen LogP contribution in [0, 0.1) is 11.5 Å². The lowest BCUT2D eigenvalue weighted by molar-refractivity contribution is 0.579. The van der Waals surface area contributed by atoms with Crippen LogP contribution in [0.4, 0.5) is 5.82 Å². The standard InChI is InChI=1S/C23H26N4OSi/c1-16(2)27-15-18(11-12-20(27)28)22-21(17-9-7-6-8-10-17)26-23(24)19(25-22)13-14-29(3,4)5/h6-12,15-16H,1-5H3,(H2,24,26). The SMILES string of the molecule is CC(C)n1cc(-c2nc(C#C[Si](C)(C)C)c(N)nc2-c2ccccc2)ccc1=O. The summed E-state index contributed by atoms with van der Waals surface area (Å²) in [5, 5.41) is 0. The maximum atomic E-state index is 12.2. The molecule has 0 bridgehead atoms. The van der Waals surface area contributed by atoms with Crippen LogP contribution in [-0.4, -0.2) is 22.6 Å². The molecule has 0 aliphatic rings. The molecule has 0 aliphatic carbocycles. The van der Waals surface area contributed by atoms with E-state index in [1.54, 1.807) is 16.7 Å².